The van der Waals surface area contributed by atoms with Crippen LogP contribution in [0.2, 0.25) is 0 Å². The molecule has 1 aromatic rings. The highest BCUT2D eigenvalue weighted by Gasteiger charge is 2.32. The molecule has 1 aliphatic carbocycles. The van der Waals surface area contributed by atoms with Crippen LogP contribution in [0.15, 0.2) is 22.7 Å². The second kappa shape index (κ2) is 5.53. The molecule has 1 N–H and O–H groups in total. The monoisotopic (exact) mass is 325 g/mol. The summed E-state index contributed by atoms with van der Waals surface area (Å²) in [5.74, 6) is 0.554. The molecule has 0 radical (unpaired) electrons. The molecule has 0 bridgehead atoms. The Morgan fingerprint density at radius 3 is 2.79 bits per heavy atom. The van der Waals surface area contributed by atoms with Crippen LogP contribution in [0.3, 0.4) is 0 Å². The zero-order valence-electron chi connectivity index (χ0n) is 11.6. The predicted molar refractivity (Wildman–Crippen MR) is 79.6 cm³/mol. The summed E-state index contributed by atoms with van der Waals surface area (Å²) in [5.41, 5.74) is 0.917. The molecule has 19 heavy (non-hydrogen) atoms. The van der Waals surface area contributed by atoms with E-state index in [1.165, 1.54) is 0 Å². The first-order valence-electron chi connectivity index (χ1n) is 6.56. The van der Waals surface area contributed by atoms with Crippen molar-refractivity contribution in [3.05, 3.63) is 28.2 Å². The standard InChI is InChI=1S/C15H20BrNO2/c1-15(2)7-6-11(9-15)17-14(18)12-8-10(16)4-5-13(12)19-3/h4-5,8,11H,6-7,9H2,1-3H3,(H,17,18). The summed E-state index contributed by atoms with van der Waals surface area (Å²) in [5, 5.41) is 3.11. The molecule has 0 spiro atoms. The Morgan fingerprint density at radius 1 is 1.47 bits per heavy atom. The summed E-state index contributed by atoms with van der Waals surface area (Å²) in [4.78, 5) is 12.3. The maximum absolute atomic E-state index is 12.3. The predicted octanol–water partition coefficient (Wildman–Crippen LogP) is 3.77. The fraction of sp³-hybridized carbons (Fsp3) is 0.533. The lowest BCUT2D eigenvalue weighted by atomic mass is 9.92. The van der Waals surface area contributed by atoms with E-state index in [0.29, 0.717) is 16.7 Å². The molecule has 104 valence electrons. The number of hydrogen-bond acceptors (Lipinski definition) is 2. The minimum absolute atomic E-state index is 0.0548. The first-order valence-corrected chi connectivity index (χ1v) is 7.35. The molecule has 4 heteroatoms. The lowest BCUT2D eigenvalue weighted by Crippen LogP contribution is -2.33. The third kappa shape index (κ3) is 3.50. The Hall–Kier alpha value is -1.03. The molecule has 0 heterocycles. The van der Waals surface area contributed by atoms with Gasteiger partial charge in [0.25, 0.3) is 5.91 Å². The number of halogens is 1. The lowest BCUT2D eigenvalue weighted by Gasteiger charge is -2.18. The lowest BCUT2D eigenvalue weighted by molar-refractivity contribution is 0.0933. The van der Waals surface area contributed by atoms with Crippen LogP contribution in [0.5, 0.6) is 5.75 Å². The van der Waals surface area contributed by atoms with Crippen LogP contribution < -0.4 is 10.1 Å². The first-order chi connectivity index (χ1) is 8.91. The van der Waals surface area contributed by atoms with Gasteiger partial charge in [-0.15, -0.1) is 0 Å². The number of rotatable bonds is 3. The number of carbonyl (C=O) groups is 1. The van der Waals surface area contributed by atoms with Gasteiger partial charge in [-0.05, 0) is 42.9 Å². The fourth-order valence-electron chi connectivity index (χ4n) is 2.68. The third-order valence-electron chi connectivity index (χ3n) is 3.71. The van der Waals surface area contributed by atoms with E-state index in [1.807, 2.05) is 6.07 Å². The third-order valence-corrected chi connectivity index (χ3v) is 4.20. The summed E-state index contributed by atoms with van der Waals surface area (Å²) in [6.07, 6.45) is 3.25. The van der Waals surface area contributed by atoms with Crippen molar-refractivity contribution in [2.45, 2.75) is 39.2 Å². The van der Waals surface area contributed by atoms with Gasteiger partial charge in [0, 0.05) is 10.5 Å². The van der Waals surface area contributed by atoms with Crippen molar-refractivity contribution in [3.63, 3.8) is 0 Å². The van der Waals surface area contributed by atoms with Crippen LogP contribution in [-0.2, 0) is 0 Å². The molecule has 1 atom stereocenters. The van der Waals surface area contributed by atoms with Crippen molar-refractivity contribution < 1.29 is 9.53 Å². The number of amides is 1. The highest BCUT2D eigenvalue weighted by molar-refractivity contribution is 9.10. The van der Waals surface area contributed by atoms with E-state index in [4.69, 9.17) is 4.74 Å². The summed E-state index contributed by atoms with van der Waals surface area (Å²) in [6.45, 7) is 4.50. The zero-order valence-corrected chi connectivity index (χ0v) is 13.2. The van der Waals surface area contributed by atoms with E-state index in [2.05, 4.69) is 35.1 Å². The van der Waals surface area contributed by atoms with Crippen LogP contribution in [0.25, 0.3) is 0 Å². The van der Waals surface area contributed by atoms with Crippen LogP contribution >= 0.6 is 15.9 Å². The van der Waals surface area contributed by atoms with Crippen molar-refractivity contribution in [2.75, 3.05) is 7.11 Å². The van der Waals surface area contributed by atoms with E-state index in [-0.39, 0.29) is 11.9 Å². The highest BCUT2D eigenvalue weighted by Crippen LogP contribution is 2.37. The van der Waals surface area contributed by atoms with E-state index in [9.17, 15) is 4.79 Å². The minimum atomic E-state index is -0.0548. The smallest absolute Gasteiger partial charge is 0.255 e. The maximum atomic E-state index is 12.3. The zero-order chi connectivity index (χ0) is 14.0. The number of ether oxygens (including phenoxy) is 1. The molecule has 2 rings (SSSR count). The van der Waals surface area contributed by atoms with Crippen LogP contribution in [0.4, 0.5) is 0 Å². The Balaban J connectivity index is 2.10. The number of hydrogen-bond donors (Lipinski definition) is 1. The van der Waals surface area contributed by atoms with E-state index in [0.717, 1.165) is 23.7 Å². The van der Waals surface area contributed by atoms with Gasteiger partial charge in [0.05, 0.1) is 12.7 Å². The van der Waals surface area contributed by atoms with E-state index >= 15 is 0 Å². The van der Waals surface area contributed by atoms with Crippen molar-refractivity contribution in [1.29, 1.82) is 0 Å². The molecule has 1 fully saturated rings. The quantitative estimate of drug-likeness (QED) is 0.918. The molecule has 1 unspecified atom stereocenters. The maximum Gasteiger partial charge on any atom is 0.255 e. The molecule has 1 aromatic carbocycles. The first kappa shape index (κ1) is 14.4. The normalized spacial score (nSPS) is 21.2. The van der Waals surface area contributed by atoms with E-state index < -0.39 is 0 Å². The fourth-order valence-corrected chi connectivity index (χ4v) is 3.04. The summed E-state index contributed by atoms with van der Waals surface area (Å²) >= 11 is 3.39. The SMILES string of the molecule is COc1ccc(Br)cc1C(=O)NC1CCC(C)(C)C1. The Morgan fingerprint density at radius 2 is 2.21 bits per heavy atom. The van der Waals surface area contributed by atoms with Gasteiger partial charge in [-0.2, -0.15) is 0 Å². The van der Waals surface area contributed by atoms with Crippen molar-refractivity contribution in [1.82, 2.24) is 5.32 Å². The van der Waals surface area contributed by atoms with Gasteiger partial charge in [-0.1, -0.05) is 29.8 Å². The van der Waals surface area contributed by atoms with Crippen molar-refractivity contribution in [2.24, 2.45) is 5.41 Å². The van der Waals surface area contributed by atoms with E-state index in [1.54, 1.807) is 19.2 Å². The van der Waals surface area contributed by atoms with Gasteiger partial charge in [0.1, 0.15) is 5.75 Å². The Labute approximate surface area is 122 Å². The van der Waals surface area contributed by atoms with Crippen molar-refractivity contribution >= 4 is 21.8 Å². The molecular formula is C15H20BrNO2. The summed E-state index contributed by atoms with van der Waals surface area (Å²) < 4.78 is 6.13. The minimum Gasteiger partial charge on any atom is -0.496 e. The van der Waals surface area contributed by atoms with Crippen LogP contribution in [0.1, 0.15) is 43.5 Å². The average molecular weight is 326 g/mol. The number of benzene rings is 1. The van der Waals surface area contributed by atoms with Crippen LogP contribution in [0, 0.1) is 5.41 Å². The van der Waals surface area contributed by atoms with Gasteiger partial charge in [0.2, 0.25) is 0 Å². The molecule has 1 amide bonds. The number of methoxy groups -OCH3 is 1. The second-order valence-electron chi connectivity index (χ2n) is 5.92. The molecule has 0 saturated heterocycles. The number of nitrogens with one attached hydrogen (secondary N) is 1. The van der Waals surface area contributed by atoms with Gasteiger partial charge < -0.3 is 10.1 Å². The molecule has 0 aromatic heterocycles. The summed E-state index contributed by atoms with van der Waals surface area (Å²) in [6, 6.07) is 5.74. The molecule has 1 aliphatic rings. The van der Waals surface area contributed by atoms with Gasteiger partial charge >= 0.3 is 0 Å². The second-order valence-corrected chi connectivity index (χ2v) is 6.84. The van der Waals surface area contributed by atoms with Crippen LogP contribution in [-0.4, -0.2) is 19.1 Å². The largest absolute Gasteiger partial charge is 0.496 e. The molecule has 0 aliphatic heterocycles. The van der Waals surface area contributed by atoms with Gasteiger partial charge in [-0.25, -0.2) is 0 Å². The topological polar surface area (TPSA) is 38.3 Å². The highest BCUT2D eigenvalue weighted by atomic mass is 79.9. The van der Waals surface area contributed by atoms with Crippen molar-refractivity contribution in [3.8, 4) is 5.75 Å². The molecule has 1 saturated carbocycles. The average Bonchev–Trinajstić information content (AvgIpc) is 2.68. The molecular weight excluding hydrogens is 306 g/mol. The Kier molecular flexibility index (Phi) is 4.19. The Bertz CT molecular complexity index is 485. The van der Waals surface area contributed by atoms with Gasteiger partial charge in [-0.3, -0.25) is 4.79 Å². The molecule has 3 nitrogen and oxygen atoms in total. The van der Waals surface area contributed by atoms with Gasteiger partial charge in [0.15, 0.2) is 0 Å². The number of carbonyl (C=O) groups excluding carboxylic acids is 1. The summed E-state index contributed by atoms with van der Waals surface area (Å²) in [7, 11) is 1.58.